The zero-order valence-electron chi connectivity index (χ0n) is 31.2. The topological polar surface area (TPSA) is 185 Å². The number of carbonyl (C=O) groups is 5. The van der Waals surface area contributed by atoms with E-state index >= 15 is 0 Å². The zero-order chi connectivity index (χ0) is 40.3. The number of carbonyl (C=O) groups excluding carboxylic acids is 5. The van der Waals surface area contributed by atoms with E-state index in [1.54, 1.807) is 10.8 Å². The van der Waals surface area contributed by atoms with Crippen LogP contribution in [-0.2, 0) is 41.3 Å². The molecular formula is C39H48F2N6O7S. The predicted molar refractivity (Wildman–Crippen MR) is 202 cm³/mol. The van der Waals surface area contributed by atoms with E-state index in [1.807, 2.05) is 51.1 Å². The van der Waals surface area contributed by atoms with Crippen LogP contribution < -0.4 is 11.1 Å². The molecule has 0 bridgehead atoms. The Balaban J connectivity index is 1.39. The Hall–Kier alpha value is -4.93. The molecule has 0 radical (unpaired) electrons. The molecule has 0 saturated carbocycles. The summed E-state index contributed by atoms with van der Waals surface area (Å²) < 4.78 is 43.5. The lowest BCUT2D eigenvalue weighted by Crippen LogP contribution is -2.48. The predicted octanol–water partition coefficient (Wildman–Crippen LogP) is 3.03. The van der Waals surface area contributed by atoms with Gasteiger partial charge in [-0.2, -0.15) is 0 Å². The summed E-state index contributed by atoms with van der Waals surface area (Å²) in [4.78, 5) is 69.0. The van der Waals surface area contributed by atoms with Crippen LogP contribution in [0.25, 0.3) is 11.3 Å². The SMILES string of the molecule is CC(C)(C)[C@H](c1nc(-c2cc(F)ccc2F)cn1Cc1ccccc1)N(CC[C@H](N)C(=O)NCCS(=O)CCC(=O)CCCN1C(=O)C=CC1=O)C(=O)CO. The molecule has 296 valence electrons. The van der Waals surface area contributed by atoms with Crippen molar-refractivity contribution in [3.05, 3.63) is 89.9 Å². The number of nitrogens with one attached hydrogen (secondary N) is 1. The van der Waals surface area contributed by atoms with E-state index in [0.29, 0.717) is 12.2 Å². The third-order valence-electron chi connectivity index (χ3n) is 9.03. The number of imidazole rings is 1. The average molecular weight is 783 g/mol. The van der Waals surface area contributed by atoms with E-state index in [4.69, 9.17) is 10.7 Å². The summed E-state index contributed by atoms with van der Waals surface area (Å²) in [7, 11) is -1.42. The van der Waals surface area contributed by atoms with Gasteiger partial charge >= 0.3 is 0 Å². The molecule has 0 saturated heterocycles. The maximum Gasteiger partial charge on any atom is 0.253 e. The lowest BCUT2D eigenvalue weighted by Gasteiger charge is -2.40. The largest absolute Gasteiger partial charge is 0.387 e. The van der Waals surface area contributed by atoms with Gasteiger partial charge in [-0.3, -0.25) is 33.1 Å². The number of hydrogen-bond donors (Lipinski definition) is 3. The van der Waals surface area contributed by atoms with Crippen LogP contribution in [0.2, 0.25) is 0 Å². The average Bonchev–Trinajstić information content (AvgIpc) is 3.70. The standard InChI is InChI=1S/C39H48F2N6O7S/c1-39(2,3)36(37-44-32(29-22-27(40)11-12-30(29)41)24-45(37)23-26-8-5-4-6-9-26)47(35(52)25-48)19-15-31(42)38(53)43-17-21-55(54)20-16-28(49)10-7-18-46-33(50)13-14-34(46)51/h4-6,8-9,11-14,22,24,31,36,48H,7,10,15-21,23,25,42H2,1-3H3,(H,43,53)/t31-,36-,55?/m0/s1. The second-order valence-electron chi connectivity index (χ2n) is 14.3. The highest BCUT2D eigenvalue weighted by atomic mass is 32.2. The Morgan fingerprint density at radius 3 is 2.36 bits per heavy atom. The molecular weight excluding hydrogens is 735 g/mol. The molecule has 2 aromatic carbocycles. The highest BCUT2D eigenvalue weighted by Gasteiger charge is 2.38. The van der Waals surface area contributed by atoms with Gasteiger partial charge in [0.05, 0.1) is 17.8 Å². The maximum absolute atomic E-state index is 15.0. The Morgan fingerprint density at radius 1 is 1.02 bits per heavy atom. The number of hydrogen-bond acceptors (Lipinski definition) is 9. The van der Waals surface area contributed by atoms with Crippen molar-refractivity contribution in [3.63, 3.8) is 0 Å². The number of benzene rings is 2. The Bertz CT molecular complexity index is 1900. The van der Waals surface area contributed by atoms with Crippen LogP contribution in [0.1, 0.15) is 63.9 Å². The number of aliphatic hydroxyl groups is 1. The van der Waals surface area contributed by atoms with Gasteiger partial charge in [-0.05, 0) is 42.0 Å². The van der Waals surface area contributed by atoms with Crippen molar-refractivity contribution in [2.24, 2.45) is 11.1 Å². The number of halogens is 2. The van der Waals surface area contributed by atoms with Gasteiger partial charge in [0.2, 0.25) is 11.8 Å². The lowest BCUT2D eigenvalue weighted by atomic mass is 9.84. The number of amides is 4. The molecule has 16 heteroatoms. The molecule has 0 spiro atoms. The van der Waals surface area contributed by atoms with E-state index in [1.165, 1.54) is 17.1 Å². The highest BCUT2D eigenvalue weighted by Crippen LogP contribution is 2.39. The highest BCUT2D eigenvalue weighted by molar-refractivity contribution is 7.85. The molecule has 2 heterocycles. The van der Waals surface area contributed by atoms with Gasteiger partial charge in [0.25, 0.3) is 11.8 Å². The molecule has 3 aromatic rings. The van der Waals surface area contributed by atoms with Crippen LogP contribution in [0.4, 0.5) is 8.78 Å². The van der Waals surface area contributed by atoms with Crippen molar-refractivity contribution in [2.75, 3.05) is 37.7 Å². The van der Waals surface area contributed by atoms with Crippen molar-refractivity contribution >= 4 is 40.2 Å². The minimum Gasteiger partial charge on any atom is -0.387 e. The van der Waals surface area contributed by atoms with Gasteiger partial charge in [-0.1, -0.05) is 51.1 Å². The summed E-state index contributed by atoms with van der Waals surface area (Å²) in [6, 6.07) is 10.6. The van der Waals surface area contributed by atoms with Crippen molar-refractivity contribution in [1.82, 2.24) is 24.7 Å². The second kappa shape index (κ2) is 19.6. The summed E-state index contributed by atoms with van der Waals surface area (Å²) in [6.45, 7) is 5.14. The van der Waals surface area contributed by atoms with Gasteiger partial charge in [0.15, 0.2) is 0 Å². The second-order valence-corrected chi connectivity index (χ2v) is 16.0. The van der Waals surface area contributed by atoms with Gasteiger partial charge in [-0.25, -0.2) is 13.8 Å². The van der Waals surface area contributed by atoms with E-state index in [9.17, 15) is 42.1 Å². The molecule has 1 unspecified atom stereocenters. The fourth-order valence-corrected chi connectivity index (χ4v) is 7.22. The molecule has 13 nitrogen and oxygen atoms in total. The van der Waals surface area contributed by atoms with E-state index in [2.05, 4.69) is 5.32 Å². The molecule has 1 aliphatic heterocycles. The molecule has 4 amide bonds. The van der Waals surface area contributed by atoms with Crippen molar-refractivity contribution in [3.8, 4) is 11.3 Å². The van der Waals surface area contributed by atoms with Gasteiger partial charge in [0, 0.05) is 85.2 Å². The molecule has 4 rings (SSSR count). The van der Waals surface area contributed by atoms with Crippen LogP contribution in [0.3, 0.4) is 0 Å². The Morgan fingerprint density at radius 2 is 1.71 bits per heavy atom. The fourth-order valence-electron chi connectivity index (χ4n) is 6.23. The van der Waals surface area contributed by atoms with E-state index in [0.717, 1.165) is 28.7 Å². The van der Waals surface area contributed by atoms with Crippen LogP contribution in [0, 0.1) is 17.0 Å². The van der Waals surface area contributed by atoms with Gasteiger partial charge in [0.1, 0.15) is 29.8 Å². The molecule has 4 N–H and O–H groups in total. The smallest absolute Gasteiger partial charge is 0.253 e. The minimum atomic E-state index is -1.42. The number of nitrogens with zero attached hydrogens (tertiary/aromatic N) is 4. The molecule has 1 aromatic heterocycles. The van der Waals surface area contributed by atoms with Crippen LogP contribution >= 0.6 is 0 Å². The minimum absolute atomic E-state index is 0.0167. The third kappa shape index (κ3) is 12.0. The molecule has 0 fully saturated rings. The molecule has 1 aliphatic rings. The quantitative estimate of drug-likeness (QED) is 0.145. The lowest BCUT2D eigenvalue weighted by molar-refractivity contribution is -0.140. The summed E-state index contributed by atoms with van der Waals surface area (Å²) in [5, 5.41) is 12.7. The summed E-state index contributed by atoms with van der Waals surface area (Å²) in [5.74, 6) is -2.99. The fraction of sp³-hybridized carbons (Fsp3) is 0.436. The third-order valence-corrected chi connectivity index (χ3v) is 10.4. The van der Waals surface area contributed by atoms with E-state index < -0.39 is 70.2 Å². The number of imide groups is 1. The normalized spacial score (nSPS) is 14.6. The van der Waals surface area contributed by atoms with Crippen molar-refractivity contribution in [1.29, 1.82) is 0 Å². The maximum atomic E-state index is 15.0. The van der Waals surface area contributed by atoms with Crippen LogP contribution in [0.15, 0.2) is 66.9 Å². The number of aromatic nitrogens is 2. The summed E-state index contributed by atoms with van der Waals surface area (Å²) in [6.07, 6.45) is 4.42. The number of Topliss-reactive ketones (excluding diaryl/α,β-unsaturated/α-hetero) is 1. The summed E-state index contributed by atoms with van der Waals surface area (Å²) >= 11 is 0. The van der Waals surface area contributed by atoms with Crippen LogP contribution in [-0.4, -0.2) is 102 Å². The van der Waals surface area contributed by atoms with Crippen molar-refractivity contribution < 1.29 is 42.1 Å². The summed E-state index contributed by atoms with van der Waals surface area (Å²) in [5.41, 5.74) is 6.50. The first-order chi connectivity index (χ1) is 26.1. The number of nitrogens with two attached hydrogens (primary N) is 1. The molecule has 3 atom stereocenters. The van der Waals surface area contributed by atoms with Crippen LogP contribution in [0.5, 0.6) is 0 Å². The van der Waals surface area contributed by atoms with Gasteiger partial charge in [-0.15, -0.1) is 0 Å². The zero-order valence-corrected chi connectivity index (χ0v) is 32.0. The first-order valence-electron chi connectivity index (χ1n) is 18.0. The molecule has 0 aliphatic carbocycles. The molecule has 55 heavy (non-hydrogen) atoms. The van der Waals surface area contributed by atoms with Gasteiger partial charge < -0.3 is 25.6 Å². The number of rotatable bonds is 20. The Labute approximate surface area is 321 Å². The van der Waals surface area contributed by atoms with Crippen molar-refractivity contribution in [2.45, 2.75) is 65.1 Å². The number of ketones is 1. The monoisotopic (exact) mass is 782 g/mol. The Kier molecular flexibility index (Phi) is 15.3. The van der Waals surface area contributed by atoms with E-state index in [-0.39, 0.29) is 74.0 Å². The first kappa shape index (κ1) is 42.8. The first-order valence-corrected chi connectivity index (χ1v) is 19.5. The number of aliphatic hydroxyl groups excluding tert-OH is 1.